The topological polar surface area (TPSA) is 46.9 Å². The lowest BCUT2D eigenvalue weighted by Gasteiger charge is -2.00. The summed E-state index contributed by atoms with van der Waals surface area (Å²) >= 11 is 6.81. The van der Waals surface area contributed by atoms with Crippen LogP contribution in [0.1, 0.15) is 0 Å². The number of hydrogen-bond donors (Lipinski definition) is 1. The molecular weight excluding hydrogens is 234 g/mol. The summed E-state index contributed by atoms with van der Waals surface area (Å²) < 4.78 is 1.29. The van der Waals surface area contributed by atoms with E-state index in [9.17, 15) is 4.79 Å². The number of halogens is 1. The van der Waals surface area contributed by atoms with Gasteiger partial charge in [0.1, 0.15) is 0 Å². The van der Waals surface area contributed by atoms with Gasteiger partial charge in [-0.2, -0.15) is 0 Å². The Bertz CT molecular complexity index is 517. The number of benzene rings is 1. The Morgan fingerprint density at radius 2 is 2.07 bits per heavy atom. The van der Waals surface area contributed by atoms with E-state index < -0.39 is 0 Å². The van der Waals surface area contributed by atoms with Crippen LogP contribution in [0, 0.1) is 0 Å². The predicted molar refractivity (Wildman–Crippen MR) is 62.1 cm³/mol. The van der Waals surface area contributed by atoms with Crippen molar-refractivity contribution in [3.05, 3.63) is 39.0 Å². The van der Waals surface area contributed by atoms with Crippen molar-refractivity contribution in [2.45, 2.75) is 0 Å². The maximum Gasteiger partial charge on any atom is 0.326 e. The standard InChI is InChI=1S/C9H8ClN3OS/c1-13-9(14)15-8(12-13)11-7-4-2-6(10)3-5-7/h2-5H,1H3,(H,11,12). The lowest BCUT2D eigenvalue weighted by Crippen LogP contribution is -2.08. The Labute approximate surface area is 95.1 Å². The number of aryl methyl sites for hydroxylation is 1. The van der Waals surface area contributed by atoms with Crippen LogP contribution >= 0.6 is 22.9 Å². The van der Waals surface area contributed by atoms with Crippen LogP contribution in [-0.2, 0) is 7.05 Å². The van der Waals surface area contributed by atoms with E-state index in [1.54, 1.807) is 19.2 Å². The predicted octanol–water partition coefficient (Wildman–Crippen LogP) is 2.24. The number of rotatable bonds is 2. The van der Waals surface area contributed by atoms with Crippen molar-refractivity contribution in [3.8, 4) is 0 Å². The van der Waals surface area contributed by atoms with Gasteiger partial charge in [-0.3, -0.25) is 4.79 Å². The quantitative estimate of drug-likeness (QED) is 0.877. The molecule has 0 aliphatic carbocycles. The minimum absolute atomic E-state index is 0.0912. The van der Waals surface area contributed by atoms with E-state index in [0.29, 0.717) is 10.2 Å². The van der Waals surface area contributed by atoms with E-state index in [-0.39, 0.29) is 4.87 Å². The normalized spacial score (nSPS) is 10.3. The molecule has 1 N–H and O–H groups in total. The molecule has 0 aliphatic heterocycles. The van der Waals surface area contributed by atoms with Crippen LogP contribution in [0.3, 0.4) is 0 Å². The van der Waals surface area contributed by atoms with Crippen LogP contribution in [0.5, 0.6) is 0 Å². The Hall–Kier alpha value is -1.33. The van der Waals surface area contributed by atoms with Gasteiger partial charge in [-0.1, -0.05) is 11.6 Å². The Balaban J connectivity index is 2.22. The Morgan fingerprint density at radius 1 is 1.40 bits per heavy atom. The Kier molecular flexibility index (Phi) is 2.75. The fourth-order valence-corrected chi connectivity index (χ4v) is 1.85. The smallest absolute Gasteiger partial charge is 0.326 e. The second kappa shape index (κ2) is 4.04. The number of aromatic nitrogens is 2. The maximum absolute atomic E-state index is 11.1. The molecule has 2 aromatic rings. The summed E-state index contributed by atoms with van der Waals surface area (Å²) in [7, 11) is 1.62. The maximum atomic E-state index is 11.1. The average molecular weight is 242 g/mol. The molecule has 6 heteroatoms. The second-order valence-electron chi connectivity index (χ2n) is 2.93. The van der Waals surface area contributed by atoms with Gasteiger partial charge >= 0.3 is 4.87 Å². The van der Waals surface area contributed by atoms with Gasteiger partial charge in [0.25, 0.3) is 0 Å². The van der Waals surface area contributed by atoms with Crippen LogP contribution in [0.2, 0.25) is 5.02 Å². The highest BCUT2D eigenvalue weighted by molar-refractivity contribution is 7.13. The summed E-state index contributed by atoms with van der Waals surface area (Å²) in [6, 6.07) is 7.20. The van der Waals surface area contributed by atoms with E-state index in [0.717, 1.165) is 17.0 Å². The molecule has 1 aromatic carbocycles. The first-order valence-electron chi connectivity index (χ1n) is 4.22. The molecule has 0 unspecified atom stereocenters. The highest BCUT2D eigenvalue weighted by Gasteiger charge is 2.02. The van der Waals surface area contributed by atoms with E-state index in [4.69, 9.17) is 11.6 Å². The molecule has 15 heavy (non-hydrogen) atoms. The van der Waals surface area contributed by atoms with Crippen LogP contribution in [0.15, 0.2) is 29.1 Å². The monoisotopic (exact) mass is 241 g/mol. The van der Waals surface area contributed by atoms with Gasteiger partial charge in [0.05, 0.1) is 0 Å². The number of hydrogen-bond acceptors (Lipinski definition) is 4. The molecule has 0 saturated heterocycles. The van der Waals surface area contributed by atoms with Crippen molar-refractivity contribution in [2.24, 2.45) is 7.05 Å². The molecule has 4 nitrogen and oxygen atoms in total. The highest BCUT2D eigenvalue weighted by atomic mass is 35.5. The third-order valence-electron chi connectivity index (χ3n) is 1.78. The van der Waals surface area contributed by atoms with E-state index >= 15 is 0 Å². The lowest BCUT2D eigenvalue weighted by atomic mass is 10.3. The van der Waals surface area contributed by atoms with Crippen molar-refractivity contribution in [1.82, 2.24) is 9.78 Å². The molecule has 0 bridgehead atoms. The van der Waals surface area contributed by atoms with Crippen molar-refractivity contribution < 1.29 is 0 Å². The molecule has 0 atom stereocenters. The lowest BCUT2D eigenvalue weighted by molar-refractivity contribution is 0.746. The summed E-state index contributed by atoms with van der Waals surface area (Å²) in [6.07, 6.45) is 0. The molecule has 0 fully saturated rings. The first-order valence-corrected chi connectivity index (χ1v) is 5.41. The molecule has 0 aliphatic rings. The third-order valence-corrected chi connectivity index (χ3v) is 2.85. The zero-order chi connectivity index (χ0) is 10.8. The fraction of sp³-hybridized carbons (Fsp3) is 0.111. The SMILES string of the molecule is Cn1nc(Nc2ccc(Cl)cc2)sc1=O. The first-order chi connectivity index (χ1) is 7.15. The zero-order valence-corrected chi connectivity index (χ0v) is 9.47. The van der Waals surface area contributed by atoms with Gasteiger partial charge in [-0.15, -0.1) is 5.10 Å². The van der Waals surface area contributed by atoms with Gasteiger partial charge in [0.2, 0.25) is 5.13 Å². The van der Waals surface area contributed by atoms with E-state index in [1.807, 2.05) is 12.1 Å². The average Bonchev–Trinajstić information content (AvgIpc) is 2.50. The van der Waals surface area contributed by atoms with Crippen LogP contribution in [0.25, 0.3) is 0 Å². The minimum atomic E-state index is -0.0912. The molecule has 0 radical (unpaired) electrons. The van der Waals surface area contributed by atoms with Gasteiger partial charge < -0.3 is 5.32 Å². The van der Waals surface area contributed by atoms with Crippen LogP contribution in [-0.4, -0.2) is 9.78 Å². The molecule has 1 heterocycles. The number of anilines is 2. The summed E-state index contributed by atoms with van der Waals surface area (Å²) in [5, 5.41) is 8.28. The van der Waals surface area contributed by atoms with Gasteiger partial charge in [0.15, 0.2) is 0 Å². The summed E-state index contributed by atoms with van der Waals surface area (Å²) in [6.45, 7) is 0. The molecular formula is C9H8ClN3OS. The number of nitrogens with one attached hydrogen (secondary N) is 1. The Morgan fingerprint density at radius 3 is 2.60 bits per heavy atom. The summed E-state index contributed by atoms with van der Waals surface area (Å²) in [4.78, 5) is 11.1. The second-order valence-corrected chi connectivity index (χ2v) is 4.31. The van der Waals surface area contributed by atoms with E-state index in [2.05, 4.69) is 10.4 Å². The largest absolute Gasteiger partial charge is 0.330 e. The van der Waals surface area contributed by atoms with Crippen molar-refractivity contribution in [1.29, 1.82) is 0 Å². The molecule has 2 rings (SSSR count). The third kappa shape index (κ3) is 2.37. The molecule has 1 aromatic heterocycles. The van der Waals surface area contributed by atoms with Crippen molar-refractivity contribution in [3.63, 3.8) is 0 Å². The van der Waals surface area contributed by atoms with E-state index in [1.165, 1.54) is 4.68 Å². The number of nitrogens with zero attached hydrogens (tertiary/aromatic N) is 2. The highest BCUT2D eigenvalue weighted by Crippen LogP contribution is 2.18. The molecule has 0 amide bonds. The fourth-order valence-electron chi connectivity index (χ4n) is 1.05. The molecule has 78 valence electrons. The van der Waals surface area contributed by atoms with Crippen molar-refractivity contribution in [2.75, 3.05) is 5.32 Å². The van der Waals surface area contributed by atoms with Crippen LogP contribution < -0.4 is 10.2 Å². The van der Waals surface area contributed by atoms with Gasteiger partial charge in [-0.25, -0.2) is 4.68 Å². The summed E-state index contributed by atoms with van der Waals surface area (Å²) in [5.41, 5.74) is 0.855. The van der Waals surface area contributed by atoms with Gasteiger partial charge in [0, 0.05) is 17.8 Å². The zero-order valence-electron chi connectivity index (χ0n) is 7.90. The minimum Gasteiger partial charge on any atom is -0.330 e. The summed E-state index contributed by atoms with van der Waals surface area (Å²) in [5.74, 6) is 0. The first kappa shape index (κ1) is 10.2. The molecule has 0 spiro atoms. The van der Waals surface area contributed by atoms with Crippen molar-refractivity contribution >= 4 is 33.8 Å². The van der Waals surface area contributed by atoms with Gasteiger partial charge in [-0.05, 0) is 35.6 Å². The molecule has 0 saturated carbocycles. The van der Waals surface area contributed by atoms with Crippen LogP contribution in [0.4, 0.5) is 10.8 Å².